The second kappa shape index (κ2) is 9.03. The van der Waals surface area contributed by atoms with Crippen molar-refractivity contribution in [3.05, 3.63) is 54.1 Å². The molecule has 0 heterocycles. The van der Waals surface area contributed by atoms with E-state index in [1.165, 1.54) is 30.3 Å². The van der Waals surface area contributed by atoms with Crippen LogP contribution in [0.3, 0.4) is 0 Å². The van der Waals surface area contributed by atoms with E-state index in [0.717, 1.165) is 6.07 Å². The fourth-order valence-corrected chi connectivity index (χ4v) is 4.07. The summed E-state index contributed by atoms with van der Waals surface area (Å²) in [7, 11) is -3.39. The van der Waals surface area contributed by atoms with Crippen LogP contribution in [0.25, 0.3) is 0 Å². The first-order valence-electron chi connectivity index (χ1n) is 9.09. The number of benzene rings is 2. The predicted octanol–water partition coefficient (Wildman–Crippen LogP) is 3.90. The number of hydrogen-bond donors (Lipinski definition) is 2. The van der Waals surface area contributed by atoms with Gasteiger partial charge in [0.2, 0.25) is 0 Å². The zero-order chi connectivity index (χ0) is 20.9. The Morgan fingerprint density at radius 3 is 2.43 bits per heavy atom. The Hall–Kier alpha value is -1.95. The summed E-state index contributed by atoms with van der Waals surface area (Å²) in [5.41, 5.74) is 1.07. The number of anilines is 1. The van der Waals surface area contributed by atoms with Crippen LogP contribution < -0.4 is 20.7 Å². The van der Waals surface area contributed by atoms with E-state index in [1.807, 2.05) is 13.8 Å². The smallest absolute Gasteiger partial charge is 0.352 e. The maximum Gasteiger partial charge on any atom is 0.352 e. The van der Waals surface area contributed by atoms with Crippen LogP contribution in [0.1, 0.15) is 25.8 Å². The highest BCUT2D eigenvalue weighted by Gasteiger charge is 2.53. The number of nitrogens with zero attached hydrogens (tertiary/aromatic N) is 1. The Morgan fingerprint density at radius 2 is 1.86 bits per heavy atom. The number of ether oxygens (including phenoxy) is 1. The molecule has 28 heavy (non-hydrogen) atoms. The lowest BCUT2D eigenvalue weighted by Crippen LogP contribution is -2.30. The maximum atomic E-state index is 15.5. The van der Waals surface area contributed by atoms with Gasteiger partial charge in [-0.2, -0.15) is 8.78 Å². The van der Waals surface area contributed by atoms with Crippen LogP contribution in [0, 0.1) is 0 Å². The van der Waals surface area contributed by atoms with Gasteiger partial charge in [0.15, 0.2) is 0 Å². The van der Waals surface area contributed by atoms with Crippen LogP contribution in [0.15, 0.2) is 48.5 Å². The number of hydrogen-bond acceptors (Lipinski definition) is 4. The molecule has 0 amide bonds. The Balaban J connectivity index is 2.57. The predicted molar refractivity (Wildman–Crippen MR) is 109 cm³/mol. The fraction of sp³-hybridized carbons (Fsp3) is 0.400. The first-order valence-corrected chi connectivity index (χ1v) is 10.8. The molecule has 0 radical (unpaired) electrons. The van der Waals surface area contributed by atoms with E-state index >= 15 is 8.78 Å². The molecule has 0 saturated carbocycles. The van der Waals surface area contributed by atoms with Crippen LogP contribution in [0.5, 0.6) is 5.75 Å². The van der Waals surface area contributed by atoms with Gasteiger partial charge in [-0.25, -0.2) is 0 Å². The SMILES string of the molecule is CC(C)N(C)c1ccc(OCCCN)cc1C(F)(F)P(=O)(O)c1ccccc1. The third-order valence-corrected chi connectivity index (χ3v) is 6.55. The van der Waals surface area contributed by atoms with Crippen molar-refractivity contribution >= 4 is 18.4 Å². The van der Waals surface area contributed by atoms with Crippen molar-refractivity contribution in [2.45, 2.75) is 32.0 Å². The first-order chi connectivity index (χ1) is 13.1. The molecule has 2 aromatic rings. The van der Waals surface area contributed by atoms with Gasteiger partial charge in [0.25, 0.3) is 0 Å². The molecule has 154 valence electrons. The molecular formula is C20H27F2N2O3P. The highest BCUT2D eigenvalue weighted by atomic mass is 31.2. The minimum absolute atomic E-state index is 0.0895. The molecule has 0 aliphatic carbocycles. The van der Waals surface area contributed by atoms with Gasteiger partial charge in [-0.1, -0.05) is 18.2 Å². The lowest BCUT2D eigenvalue weighted by molar-refractivity contribution is 0.0772. The van der Waals surface area contributed by atoms with E-state index in [9.17, 15) is 9.46 Å². The van der Waals surface area contributed by atoms with Gasteiger partial charge in [-0.3, -0.25) is 4.57 Å². The minimum Gasteiger partial charge on any atom is -0.494 e. The number of halogens is 2. The largest absolute Gasteiger partial charge is 0.494 e. The molecular weight excluding hydrogens is 385 g/mol. The lowest BCUT2D eigenvalue weighted by Gasteiger charge is -2.31. The van der Waals surface area contributed by atoms with Gasteiger partial charge in [-0.05, 0) is 57.1 Å². The second-order valence-corrected chi connectivity index (χ2v) is 9.06. The highest BCUT2D eigenvalue weighted by Crippen LogP contribution is 2.63. The molecule has 2 aromatic carbocycles. The Kier molecular flexibility index (Phi) is 7.21. The Morgan fingerprint density at radius 1 is 1.21 bits per heavy atom. The van der Waals surface area contributed by atoms with E-state index in [0.29, 0.717) is 13.0 Å². The van der Waals surface area contributed by atoms with Crippen LogP contribution in [-0.4, -0.2) is 31.1 Å². The van der Waals surface area contributed by atoms with Crippen molar-refractivity contribution in [3.63, 3.8) is 0 Å². The number of nitrogens with two attached hydrogens (primary N) is 1. The van der Waals surface area contributed by atoms with Gasteiger partial charge < -0.3 is 20.3 Å². The normalized spacial score (nSPS) is 14.0. The molecule has 5 nitrogen and oxygen atoms in total. The van der Waals surface area contributed by atoms with E-state index < -0.39 is 18.6 Å². The van der Waals surface area contributed by atoms with Crippen molar-refractivity contribution in [3.8, 4) is 5.75 Å². The summed E-state index contributed by atoms with van der Waals surface area (Å²) in [6, 6.07) is 11.1. The van der Waals surface area contributed by atoms with Crippen LogP contribution in [0.2, 0.25) is 0 Å². The van der Waals surface area contributed by atoms with E-state index in [1.54, 1.807) is 24.1 Å². The third kappa shape index (κ3) is 4.54. The fourth-order valence-electron chi connectivity index (χ4n) is 2.66. The summed E-state index contributed by atoms with van der Waals surface area (Å²) < 4.78 is 49.3. The molecule has 3 N–H and O–H groups in total. The van der Waals surface area contributed by atoms with Crippen molar-refractivity contribution in [2.75, 3.05) is 25.1 Å². The summed E-state index contributed by atoms with van der Waals surface area (Å²) in [6.45, 7) is 4.39. The average molecular weight is 412 g/mol. The molecule has 8 heteroatoms. The summed E-state index contributed by atoms with van der Waals surface area (Å²) in [4.78, 5) is 12.1. The van der Waals surface area contributed by atoms with Crippen LogP contribution in [-0.2, 0) is 10.2 Å². The zero-order valence-corrected chi connectivity index (χ0v) is 17.2. The number of alkyl halides is 2. The minimum atomic E-state index is -5.05. The molecule has 0 saturated heterocycles. The molecule has 0 spiro atoms. The third-order valence-electron chi connectivity index (χ3n) is 4.55. The Labute approximate surface area is 164 Å². The Bertz CT molecular complexity index is 831. The molecule has 0 fully saturated rings. The molecule has 1 atom stereocenters. The first kappa shape index (κ1) is 22.3. The monoisotopic (exact) mass is 412 g/mol. The van der Waals surface area contributed by atoms with Crippen molar-refractivity contribution in [1.29, 1.82) is 0 Å². The van der Waals surface area contributed by atoms with Crippen LogP contribution in [0.4, 0.5) is 14.5 Å². The molecule has 2 rings (SSSR count). The summed E-state index contributed by atoms with van der Waals surface area (Å²) in [5.74, 6) is 0.206. The average Bonchev–Trinajstić information content (AvgIpc) is 2.68. The summed E-state index contributed by atoms with van der Waals surface area (Å²) in [5, 5.41) is -0.299. The van der Waals surface area contributed by atoms with E-state index in [4.69, 9.17) is 10.5 Å². The zero-order valence-electron chi connectivity index (χ0n) is 16.3. The molecule has 0 aromatic heterocycles. The number of rotatable bonds is 9. The summed E-state index contributed by atoms with van der Waals surface area (Å²) >= 11 is 0. The lowest BCUT2D eigenvalue weighted by atomic mass is 10.1. The molecule has 0 aliphatic rings. The second-order valence-electron chi connectivity index (χ2n) is 6.83. The van der Waals surface area contributed by atoms with Crippen molar-refractivity contribution in [2.24, 2.45) is 5.73 Å². The highest BCUT2D eigenvalue weighted by molar-refractivity contribution is 7.66. The van der Waals surface area contributed by atoms with Crippen molar-refractivity contribution < 1.29 is 23.0 Å². The van der Waals surface area contributed by atoms with Gasteiger partial charge in [-0.15, -0.1) is 0 Å². The standard InChI is InChI=1S/C20H27F2N2O3P/c1-15(2)24(3)19-11-10-16(27-13-7-12-23)14-18(19)20(21,22)28(25,26)17-8-5-4-6-9-17/h4-6,8-11,14-15H,7,12-13,23H2,1-3H3,(H,25,26). The molecule has 1 unspecified atom stereocenters. The van der Waals surface area contributed by atoms with E-state index in [-0.39, 0.29) is 29.4 Å². The van der Waals surface area contributed by atoms with E-state index in [2.05, 4.69) is 0 Å². The van der Waals surface area contributed by atoms with Gasteiger partial charge in [0.05, 0.1) is 12.2 Å². The van der Waals surface area contributed by atoms with Crippen LogP contribution >= 0.6 is 7.37 Å². The topological polar surface area (TPSA) is 75.8 Å². The maximum absolute atomic E-state index is 15.5. The van der Waals surface area contributed by atoms with Gasteiger partial charge in [0.1, 0.15) is 5.75 Å². The molecule has 0 aliphatic heterocycles. The van der Waals surface area contributed by atoms with Gasteiger partial charge in [0, 0.05) is 24.1 Å². The quantitative estimate of drug-likeness (QED) is 0.483. The summed E-state index contributed by atoms with van der Waals surface area (Å²) in [6.07, 6.45) is 0.571. The van der Waals surface area contributed by atoms with Crippen molar-refractivity contribution in [1.82, 2.24) is 0 Å². The molecule has 0 bridgehead atoms. The van der Waals surface area contributed by atoms with Gasteiger partial charge >= 0.3 is 13.0 Å².